The summed E-state index contributed by atoms with van der Waals surface area (Å²) in [5.41, 5.74) is 0. The molecule has 0 aromatic heterocycles. The topological polar surface area (TPSA) is 310 Å². The summed E-state index contributed by atoms with van der Waals surface area (Å²) in [5, 5.41) is 68.3. The lowest BCUT2D eigenvalue weighted by Crippen LogP contribution is -2.61. The van der Waals surface area contributed by atoms with Crippen LogP contribution in [0.2, 0.25) is 0 Å². The maximum atomic E-state index is 10.8. The van der Waals surface area contributed by atoms with E-state index >= 15 is 0 Å². The van der Waals surface area contributed by atoms with Crippen molar-refractivity contribution in [2.45, 2.75) is 61.4 Å². The standard InChI is InChI=1S/2C7H12O10S/c1-13-7-3(9)4(15-18-17-16-12)2(8)5(14-7)6(10)11;1-15-7-5(17-18(12,13)14)3(9)2(8)4(16-7)6(10)11/h2-5,7-9,12H,1H3,(H,10,11);2-5,7-9H,1H3,(H,10,11)(H,12,13,14)/p-2/t2-,3?,4-,5?,7?;2-,3-,4?,5?,7?/m00/s1. The van der Waals surface area contributed by atoms with Gasteiger partial charge >= 0.3 is 11.9 Å². The Labute approximate surface area is 206 Å². The molecule has 0 radical (unpaired) electrons. The summed E-state index contributed by atoms with van der Waals surface area (Å²) >= 11 is 0.0348. The molecular weight excluding hydrogens is 552 g/mol. The summed E-state index contributed by atoms with van der Waals surface area (Å²) in [6.07, 6.45) is -16.8. The van der Waals surface area contributed by atoms with Gasteiger partial charge in [-0.25, -0.2) is 18.0 Å². The number of methoxy groups -OCH3 is 2. The third kappa shape index (κ3) is 8.91. The molecule has 22 heteroatoms. The molecular formula is C14H22O20S2-2. The Morgan fingerprint density at radius 1 is 0.833 bits per heavy atom. The fourth-order valence-electron chi connectivity index (χ4n) is 2.89. The Morgan fingerprint density at radius 2 is 1.33 bits per heavy atom. The fraction of sp³-hybridized carbons (Fsp3) is 0.857. The summed E-state index contributed by atoms with van der Waals surface area (Å²) in [6, 6.07) is 0. The van der Waals surface area contributed by atoms with Gasteiger partial charge in [-0.05, 0) is 0 Å². The van der Waals surface area contributed by atoms with Crippen LogP contribution in [0.5, 0.6) is 0 Å². The maximum Gasteiger partial charge on any atom is 0.335 e. The van der Waals surface area contributed by atoms with E-state index in [0.29, 0.717) is 0 Å². The van der Waals surface area contributed by atoms with Crippen molar-refractivity contribution in [1.29, 1.82) is 0 Å². The highest BCUT2D eigenvalue weighted by molar-refractivity contribution is 7.89. The summed E-state index contributed by atoms with van der Waals surface area (Å²) < 4.78 is 62.5. The molecule has 20 nitrogen and oxygen atoms in total. The van der Waals surface area contributed by atoms with Gasteiger partial charge in [0.2, 0.25) is 10.4 Å². The summed E-state index contributed by atoms with van der Waals surface area (Å²) in [5.74, 6) is -3.05. The number of ether oxygens (including phenoxy) is 4. The van der Waals surface area contributed by atoms with E-state index < -0.39 is 83.7 Å². The predicted octanol–water partition coefficient (Wildman–Crippen LogP) is -5.65. The zero-order valence-corrected chi connectivity index (χ0v) is 19.6. The van der Waals surface area contributed by atoms with Gasteiger partial charge in [0.05, 0.1) is 0 Å². The molecule has 2 aliphatic rings. The van der Waals surface area contributed by atoms with E-state index in [9.17, 15) is 48.2 Å². The summed E-state index contributed by atoms with van der Waals surface area (Å²) in [4.78, 5) is 21.5. The van der Waals surface area contributed by atoms with Crippen molar-refractivity contribution in [3.05, 3.63) is 0 Å². The number of carbonyl (C=O) groups is 2. The van der Waals surface area contributed by atoms with Crippen molar-refractivity contribution < 1.29 is 95.1 Å². The summed E-state index contributed by atoms with van der Waals surface area (Å²) in [7, 11) is -3.00. The van der Waals surface area contributed by atoms with E-state index in [0.717, 1.165) is 7.11 Å². The molecule has 2 heterocycles. The van der Waals surface area contributed by atoms with Crippen LogP contribution in [0.1, 0.15) is 0 Å². The number of carboxylic acids is 2. The van der Waals surface area contributed by atoms with Crippen molar-refractivity contribution in [3.8, 4) is 0 Å². The highest BCUT2D eigenvalue weighted by Gasteiger charge is 2.50. The first-order valence-electron chi connectivity index (χ1n) is 9.17. The van der Waals surface area contributed by atoms with Crippen molar-refractivity contribution in [1.82, 2.24) is 0 Å². The molecule has 6 N–H and O–H groups in total. The second-order valence-electron chi connectivity index (χ2n) is 6.69. The Kier molecular flexibility index (Phi) is 13.2. The highest BCUT2D eigenvalue weighted by Crippen LogP contribution is 2.27. The molecule has 6 unspecified atom stereocenters. The largest absolute Gasteiger partial charge is 0.726 e. The van der Waals surface area contributed by atoms with Crippen LogP contribution in [-0.4, -0.2) is 131 Å². The van der Waals surface area contributed by atoms with Crippen LogP contribution in [0, 0.1) is 0 Å². The van der Waals surface area contributed by atoms with Gasteiger partial charge < -0.3 is 59.4 Å². The van der Waals surface area contributed by atoms with E-state index in [1.54, 1.807) is 0 Å². The van der Waals surface area contributed by atoms with Crippen LogP contribution in [0.15, 0.2) is 0 Å². The Bertz CT molecular complexity index is 806. The van der Waals surface area contributed by atoms with E-state index in [2.05, 4.69) is 23.0 Å². The number of aliphatic hydroxyl groups is 4. The lowest BCUT2D eigenvalue weighted by molar-refractivity contribution is -0.777. The van der Waals surface area contributed by atoms with Crippen LogP contribution in [0.4, 0.5) is 0 Å². The third-order valence-electron chi connectivity index (χ3n) is 4.47. The molecule has 0 spiro atoms. The van der Waals surface area contributed by atoms with Crippen molar-refractivity contribution >= 4 is 34.7 Å². The molecule has 0 aromatic rings. The number of aliphatic hydroxyl groups excluding tert-OH is 4. The molecule has 2 fully saturated rings. The lowest BCUT2D eigenvalue weighted by atomic mass is 9.99. The SMILES string of the molecule is COC1OC(C(=O)O)[C@@H](O)[C@H](O)C1OS(=O)(=O)[O-].COC1OC(C(=O)O)[C@@H](O)[C@H](OSOO[O-])C1O. The van der Waals surface area contributed by atoms with Gasteiger partial charge in [-0.1, -0.05) is 0 Å². The molecule has 0 bridgehead atoms. The average molecular weight is 574 g/mol. The quantitative estimate of drug-likeness (QED) is 0.0353. The zero-order chi connectivity index (χ0) is 27.8. The smallest absolute Gasteiger partial charge is 0.335 e. The number of hydrogen-bond acceptors (Lipinski definition) is 19. The zero-order valence-electron chi connectivity index (χ0n) is 18.0. The van der Waals surface area contributed by atoms with Crippen molar-refractivity contribution in [2.24, 2.45) is 0 Å². The first-order chi connectivity index (χ1) is 16.7. The highest BCUT2D eigenvalue weighted by atomic mass is 32.3. The van der Waals surface area contributed by atoms with Crippen LogP contribution >= 0.6 is 12.3 Å². The average Bonchev–Trinajstić information content (AvgIpc) is 2.78. The molecule has 0 saturated carbocycles. The minimum Gasteiger partial charge on any atom is -0.726 e. The molecule has 36 heavy (non-hydrogen) atoms. The maximum absolute atomic E-state index is 10.8. The van der Waals surface area contributed by atoms with E-state index in [-0.39, 0.29) is 12.3 Å². The molecule has 0 aliphatic carbocycles. The predicted molar refractivity (Wildman–Crippen MR) is 99.8 cm³/mol. The first kappa shape index (κ1) is 32.7. The Hall–Kier alpha value is -1.32. The lowest BCUT2D eigenvalue weighted by Gasteiger charge is -2.39. The Balaban J connectivity index is 0.000000360. The van der Waals surface area contributed by atoms with E-state index in [1.807, 2.05) is 0 Å². The Morgan fingerprint density at radius 3 is 1.78 bits per heavy atom. The number of aliphatic carboxylic acids is 2. The minimum absolute atomic E-state index is 0.0348. The molecule has 10 atom stereocenters. The molecule has 2 rings (SSSR count). The van der Waals surface area contributed by atoms with Gasteiger partial charge in [0.15, 0.2) is 43.2 Å². The molecule has 2 saturated heterocycles. The third-order valence-corrected chi connectivity index (χ3v) is 5.34. The number of carboxylic acid groups (broad SMARTS) is 2. The van der Waals surface area contributed by atoms with Gasteiger partial charge in [0.25, 0.3) is 0 Å². The molecule has 0 aromatic carbocycles. The van der Waals surface area contributed by atoms with Gasteiger partial charge in [-0.2, -0.15) is 0 Å². The summed E-state index contributed by atoms with van der Waals surface area (Å²) in [6.45, 7) is 0. The second kappa shape index (κ2) is 14.6. The number of hydrogen-bond donors (Lipinski definition) is 6. The van der Waals surface area contributed by atoms with Gasteiger partial charge in [-0.15, -0.1) is 4.33 Å². The monoisotopic (exact) mass is 574 g/mol. The minimum atomic E-state index is -5.19. The molecule has 212 valence electrons. The van der Waals surface area contributed by atoms with Crippen molar-refractivity contribution in [3.63, 3.8) is 0 Å². The van der Waals surface area contributed by atoms with Crippen LogP contribution < -0.4 is 5.26 Å². The molecule has 2 aliphatic heterocycles. The normalized spacial score (nSPS) is 37.0. The van der Waals surface area contributed by atoms with Crippen LogP contribution in [0.25, 0.3) is 0 Å². The first-order valence-corrected chi connectivity index (χ1v) is 11.2. The van der Waals surface area contributed by atoms with Gasteiger partial charge in [0, 0.05) is 14.2 Å². The van der Waals surface area contributed by atoms with E-state index in [1.165, 1.54) is 7.11 Å². The molecule has 0 amide bonds. The van der Waals surface area contributed by atoms with E-state index in [4.69, 9.17) is 23.9 Å². The van der Waals surface area contributed by atoms with Crippen LogP contribution in [0.3, 0.4) is 0 Å². The van der Waals surface area contributed by atoms with Gasteiger partial charge in [-0.3, -0.25) is 13.4 Å². The number of rotatable bonds is 10. The van der Waals surface area contributed by atoms with Crippen LogP contribution in [-0.2, 0) is 56.7 Å². The van der Waals surface area contributed by atoms with Gasteiger partial charge in [0.1, 0.15) is 30.5 Å². The fourth-order valence-corrected chi connectivity index (χ4v) is 3.74. The van der Waals surface area contributed by atoms with Crippen molar-refractivity contribution in [2.75, 3.05) is 14.2 Å². The second-order valence-corrected chi connectivity index (χ2v) is 8.17.